The maximum absolute atomic E-state index is 13.5. The van der Waals surface area contributed by atoms with Crippen LogP contribution in [0.15, 0.2) is 91.5 Å². The van der Waals surface area contributed by atoms with Crippen molar-refractivity contribution in [2.75, 3.05) is 32.8 Å². The number of hydrogen-bond donors (Lipinski definition) is 2. The molecular formula is C35H33N5O10. The molecule has 15 nitrogen and oxygen atoms in total. The van der Waals surface area contributed by atoms with E-state index in [0.29, 0.717) is 39.5 Å². The molecule has 4 atom stereocenters. The number of anilines is 1. The van der Waals surface area contributed by atoms with Gasteiger partial charge >= 0.3 is 6.16 Å². The zero-order valence-corrected chi connectivity index (χ0v) is 27.0. The summed E-state index contributed by atoms with van der Waals surface area (Å²) in [7, 11) is 2.92. The van der Waals surface area contributed by atoms with Gasteiger partial charge < -0.3 is 38.8 Å². The number of benzene rings is 3. The molecule has 0 saturated carbocycles. The van der Waals surface area contributed by atoms with Crippen molar-refractivity contribution in [2.24, 2.45) is 0 Å². The topological polar surface area (TPSA) is 182 Å². The maximum Gasteiger partial charge on any atom is 0.509 e. The summed E-state index contributed by atoms with van der Waals surface area (Å²) in [5, 5.41) is 13.5. The van der Waals surface area contributed by atoms with Gasteiger partial charge in [0.15, 0.2) is 29.7 Å². The number of carbonyl (C=O) groups excluding carboxylic acids is 3. The lowest BCUT2D eigenvalue weighted by Gasteiger charge is -2.20. The molecule has 3 aromatic carbocycles. The van der Waals surface area contributed by atoms with Crippen LogP contribution in [0, 0.1) is 0 Å². The van der Waals surface area contributed by atoms with Crippen LogP contribution in [-0.4, -0.2) is 82.1 Å². The van der Waals surface area contributed by atoms with Gasteiger partial charge in [-0.15, -0.1) is 0 Å². The Balaban J connectivity index is 1.10. The first-order valence-corrected chi connectivity index (χ1v) is 15.5. The standard InChI is InChI=1S/C35H33N5O10/c1-45-24-13-22(14-25(15-24)46-2)32(31(43)21-9-5-3-6-10-21)50-35(44)48-17-27-26(41)16-29(49-27)40-20-38-30-33(36-19-37-34(30)40)39-28(42)18-47-23-11-7-4-8-12-23/h3-15,19-20,26-27,29,32,41H,16-18H2,1-2H3,(H,36,37,39,42)/t26-,27+,29+,32?/m0/s1. The lowest BCUT2D eigenvalue weighted by atomic mass is 9.99. The van der Waals surface area contributed by atoms with E-state index in [-0.39, 0.29) is 25.5 Å². The SMILES string of the molecule is COc1cc(OC)cc(C(OC(=O)OC[C@H]2O[C@@H](n3cnc4c(NC(=O)COc5ccccc5)ncnc43)C[C@@H]2O)C(=O)c2ccccc2)c1. The average Bonchev–Trinajstić information content (AvgIpc) is 3.76. The van der Waals surface area contributed by atoms with Crippen LogP contribution in [0.5, 0.6) is 17.2 Å². The van der Waals surface area contributed by atoms with Gasteiger partial charge in [-0.2, -0.15) is 0 Å². The normalized spacial score (nSPS) is 17.5. The van der Waals surface area contributed by atoms with Crippen LogP contribution in [0.3, 0.4) is 0 Å². The number of ether oxygens (including phenoxy) is 6. The van der Waals surface area contributed by atoms with E-state index >= 15 is 0 Å². The predicted molar refractivity (Wildman–Crippen MR) is 176 cm³/mol. The van der Waals surface area contributed by atoms with Gasteiger partial charge in [0.2, 0.25) is 5.78 Å². The predicted octanol–water partition coefficient (Wildman–Crippen LogP) is 4.29. The first-order chi connectivity index (χ1) is 24.3. The maximum atomic E-state index is 13.5. The van der Waals surface area contributed by atoms with Crippen molar-refractivity contribution in [3.8, 4) is 17.2 Å². The second kappa shape index (κ2) is 15.4. The zero-order chi connectivity index (χ0) is 35.0. The van der Waals surface area contributed by atoms with Gasteiger partial charge in [-0.1, -0.05) is 48.5 Å². The second-order valence-corrected chi connectivity index (χ2v) is 11.1. The molecule has 2 aromatic heterocycles. The Labute approximate surface area is 285 Å². The minimum absolute atomic E-state index is 0.115. The molecule has 1 aliphatic heterocycles. The Hall–Kier alpha value is -6.06. The quantitative estimate of drug-likeness (QED) is 0.133. The number of carbonyl (C=O) groups is 3. The molecule has 0 spiro atoms. The van der Waals surface area contributed by atoms with Gasteiger partial charge in [0.1, 0.15) is 42.5 Å². The van der Waals surface area contributed by atoms with Crippen LogP contribution >= 0.6 is 0 Å². The summed E-state index contributed by atoms with van der Waals surface area (Å²) in [6.45, 7) is -0.623. The molecule has 1 aliphatic rings. The van der Waals surface area contributed by atoms with Crippen LogP contribution in [0.25, 0.3) is 11.2 Å². The smallest absolute Gasteiger partial charge is 0.497 e. The molecular weight excluding hydrogens is 650 g/mol. The highest BCUT2D eigenvalue weighted by Gasteiger charge is 2.37. The van der Waals surface area contributed by atoms with Crippen LogP contribution in [0.4, 0.5) is 10.6 Å². The monoisotopic (exact) mass is 683 g/mol. The molecule has 0 bridgehead atoms. The van der Waals surface area contributed by atoms with Crippen molar-refractivity contribution >= 4 is 34.8 Å². The van der Waals surface area contributed by atoms with Gasteiger partial charge in [0.25, 0.3) is 5.91 Å². The average molecular weight is 684 g/mol. The Morgan fingerprint density at radius 1 is 0.940 bits per heavy atom. The molecule has 50 heavy (non-hydrogen) atoms. The van der Waals surface area contributed by atoms with E-state index in [0.717, 1.165) is 0 Å². The third-order valence-corrected chi connectivity index (χ3v) is 7.80. The summed E-state index contributed by atoms with van der Waals surface area (Å²) >= 11 is 0. The lowest BCUT2D eigenvalue weighted by Crippen LogP contribution is -2.29. The molecule has 2 N–H and O–H groups in total. The molecule has 1 fully saturated rings. The van der Waals surface area contributed by atoms with E-state index < -0.39 is 42.4 Å². The van der Waals surface area contributed by atoms with Gasteiger partial charge in [0.05, 0.1) is 26.7 Å². The highest BCUT2D eigenvalue weighted by molar-refractivity contribution is 6.01. The Bertz CT molecular complexity index is 1930. The molecule has 1 unspecified atom stereocenters. The van der Waals surface area contributed by atoms with Gasteiger partial charge in [-0.3, -0.25) is 14.2 Å². The van der Waals surface area contributed by atoms with E-state index in [2.05, 4.69) is 20.3 Å². The number of hydrogen-bond acceptors (Lipinski definition) is 13. The third-order valence-electron chi connectivity index (χ3n) is 7.80. The molecule has 0 aliphatic carbocycles. The molecule has 6 rings (SSSR count). The largest absolute Gasteiger partial charge is 0.509 e. The number of ketones is 1. The second-order valence-electron chi connectivity index (χ2n) is 11.1. The molecule has 1 amide bonds. The van der Waals surface area contributed by atoms with E-state index in [4.69, 9.17) is 28.4 Å². The molecule has 5 aromatic rings. The number of amides is 1. The molecule has 0 radical (unpaired) electrons. The van der Waals surface area contributed by atoms with Crippen LogP contribution in [0.1, 0.15) is 34.7 Å². The van der Waals surface area contributed by atoms with Crippen LogP contribution in [-0.2, 0) is 19.0 Å². The van der Waals surface area contributed by atoms with Gasteiger partial charge in [-0.25, -0.2) is 19.7 Å². The van der Waals surface area contributed by atoms with Gasteiger partial charge in [-0.05, 0) is 24.3 Å². The zero-order valence-electron chi connectivity index (χ0n) is 27.0. The van der Waals surface area contributed by atoms with Crippen molar-refractivity contribution in [3.63, 3.8) is 0 Å². The fourth-order valence-electron chi connectivity index (χ4n) is 5.31. The van der Waals surface area contributed by atoms with Gasteiger partial charge in [0, 0.05) is 23.6 Å². The summed E-state index contributed by atoms with van der Waals surface area (Å²) in [6, 6.07) is 22.0. The summed E-state index contributed by atoms with van der Waals surface area (Å²) in [5.74, 6) is 0.548. The summed E-state index contributed by atoms with van der Waals surface area (Å²) in [5.41, 5.74) is 1.25. The number of methoxy groups -OCH3 is 2. The fraction of sp³-hybridized carbons (Fsp3) is 0.257. The summed E-state index contributed by atoms with van der Waals surface area (Å²) in [4.78, 5) is 51.9. The Morgan fingerprint density at radius 3 is 2.34 bits per heavy atom. The lowest BCUT2D eigenvalue weighted by molar-refractivity contribution is -0.118. The van der Waals surface area contributed by atoms with Crippen molar-refractivity contribution in [1.29, 1.82) is 0 Å². The molecule has 3 heterocycles. The van der Waals surface area contributed by atoms with Crippen molar-refractivity contribution in [2.45, 2.75) is 31.0 Å². The summed E-state index contributed by atoms with van der Waals surface area (Å²) in [6.07, 6.45) is -2.44. The van der Waals surface area contributed by atoms with E-state index in [9.17, 15) is 19.5 Å². The number of aromatic nitrogens is 4. The number of nitrogens with zero attached hydrogens (tertiary/aromatic N) is 4. The fourth-order valence-corrected chi connectivity index (χ4v) is 5.31. The van der Waals surface area contributed by atoms with Crippen molar-refractivity contribution in [3.05, 3.63) is 103 Å². The number of rotatable bonds is 13. The third kappa shape index (κ3) is 7.80. The first kappa shape index (κ1) is 33.8. The van der Waals surface area contributed by atoms with E-state index in [1.165, 1.54) is 26.9 Å². The number of fused-ring (bicyclic) bond motifs is 1. The van der Waals surface area contributed by atoms with Crippen molar-refractivity contribution < 1.29 is 47.9 Å². The highest BCUT2D eigenvalue weighted by atomic mass is 16.7. The van der Waals surface area contributed by atoms with Crippen molar-refractivity contribution in [1.82, 2.24) is 19.5 Å². The number of aliphatic hydroxyl groups is 1. The van der Waals surface area contributed by atoms with Crippen LogP contribution in [0.2, 0.25) is 0 Å². The van der Waals surface area contributed by atoms with E-state index in [1.807, 2.05) is 6.07 Å². The number of para-hydroxylation sites is 1. The Morgan fingerprint density at radius 2 is 1.64 bits per heavy atom. The Kier molecular flexibility index (Phi) is 10.4. The molecule has 258 valence electrons. The minimum atomic E-state index is -1.40. The highest BCUT2D eigenvalue weighted by Crippen LogP contribution is 2.33. The number of imidazole rings is 1. The number of Topliss-reactive ketones (excluding diaryl/α,β-unsaturated/α-hetero) is 1. The van der Waals surface area contributed by atoms with E-state index in [1.54, 1.807) is 77.4 Å². The van der Waals surface area contributed by atoms with Crippen LogP contribution < -0.4 is 19.5 Å². The summed E-state index contributed by atoms with van der Waals surface area (Å²) < 4.78 is 34.7. The minimum Gasteiger partial charge on any atom is -0.497 e. The number of nitrogens with one attached hydrogen (secondary N) is 1. The molecule has 1 saturated heterocycles. The number of aliphatic hydroxyl groups excluding tert-OH is 1. The molecule has 15 heteroatoms. The first-order valence-electron chi connectivity index (χ1n) is 15.5.